The minimum atomic E-state index is -3.70. The lowest BCUT2D eigenvalue weighted by atomic mass is 10.1. The molecule has 2 aromatic heterocycles. The number of hydrogen-bond acceptors (Lipinski definition) is 6. The summed E-state index contributed by atoms with van der Waals surface area (Å²) in [6.07, 6.45) is 1.63. The van der Waals surface area contributed by atoms with Crippen LogP contribution in [0.25, 0.3) is 27.7 Å². The fraction of sp³-hybridized carbons (Fsp3) is 0.0833. The second-order valence-electron chi connectivity index (χ2n) is 7.57. The Morgan fingerprint density at radius 1 is 0.971 bits per heavy atom. The zero-order valence-electron chi connectivity index (χ0n) is 17.8. The van der Waals surface area contributed by atoms with Crippen LogP contribution in [0.3, 0.4) is 0 Å². The van der Waals surface area contributed by atoms with Crippen LogP contribution in [0.15, 0.2) is 88.4 Å². The van der Waals surface area contributed by atoms with Crippen molar-refractivity contribution in [3.63, 3.8) is 0 Å². The third-order valence-corrected chi connectivity index (χ3v) is 7.45. The van der Waals surface area contributed by atoms with Gasteiger partial charge in [0.1, 0.15) is 11.6 Å². The number of anilines is 1. The van der Waals surface area contributed by atoms with Gasteiger partial charge in [-0.1, -0.05) is 48.5 Å². The molecule has 2 heterocycles. The smallest absolute Gasteiger partial charge is 0.241 e. The minimum absolute atomic E-state index is 0.115. The molecule has 3 aromatic carbocycles. The average molecular weight is 538 g/mol. The first-order valence-electron chi connectivity index (χ1n) is 10.5. The maximum absolute atomic E-state index is 12.9. The van der Waals surface area contributed by atoms with Gasteiger partial charge in [-0.15, -0.1) is 0 Å². The number of phenols is 1. The second-order valence-corrected chi connectivity index (χ2v) is 10.2. The molecule has 0 aliphatic rings. The molecule has 0 radical (unpaired) electrons. The number of sulfonamides is 1. The van der Waals surface area contributed by atoms with Crippen LogP contribution in [0.5, 0.6) is 5.75 Å². The zero-order valence-corrected chi connectivity index (χ0v) is 20.2. The van der Waals surface area contributed by atoms with Gasteiger partial charge in [0.15, 0.2) is 5.65 Å². The molecule has 172 valence electrons. The number of nitrogens with one attached hydrogen (secondary N) is 2. The summed E-state index contributed by atoms with van der Waals surface area (Å²) in [6, 6.07) is 21.3. The first-order chi connectivity index (χ1) is 16.4. The number of benzene rings is 3. The molecular weight excluding hydrogens is 518 g/mol. The maximum Gasteiger partial charge on any atom is 0.241 e. The van der Waals surface area contributed by atoms with E-state index in [2.05, 4.69) is 36.1 Å². The van der Waals surface area contributed by atoms with Gasteiger partial charge >= 0.3 is 0 Å². The van der Waals surface area contributed by atoms with Crippen LogP contribution in [-0.2, 0) is 10.0 Å². The van der Waals surface area contributed by atoms with Crippen molar-refractivity contribution in [2.75, 3.05) is 18.4 Å². The molecule has 8 nitrogen and oxygen atoms in total. The van der Waals surface area contributed by atoms with Gasteiger partial charge in [-0.2, -0.15) is 9.61 Å². The standard InChI is InChI=1S/C24H20BrN5O3S/c25-19-15-27-30-23(14-20(29-24(19)30)18-9-3-4-10-21(18)31)26-12-13-28-34(32,33)22-11-5-7-16-6-1-2-8-17(16)22/h1-11,14-15,26,28,31H,12-13H2. The summed E-state index contributed by atoms with van der Waals surface area (Å²) in [4.78, 5) is 4.85. The lowest BCUT2D eigenvalue weighted by molar-refractivity contribution is 0.477. The number of rotatable bonds is 7. The van der Waals surface area contributed by atoms with Gasteiger partial charge in [0.05, 0.1) is 21.3 Å². The monoisotopic (exact) mass is 537 g/mol. The van der Waals surface area contributed by atoms with E-state index in [9.17, 15) is 13.5 Å². The maximum atomic E-state index is 12.9. The molecule has 0 bridgehead atoms. The van der Waals surface area contributed by atoms with Crippen molar-refractivity contribution < 1.29 is 13.5 Å². The summed E-state index contributed by atoms with van der Waals surface area (Å²) >= 11 is 3.45. The highest BCUT2D eigenvalue weighted by atomic mass is 79.9. The normalized spacial score (nSPS) is 11.8. The summed E-state index contributed by atoms with van der Waals surface area (Å²) in [7, 11) is -3.70. The second kappa shape index (κ2) is 9.05. The quantitative estimate of drug-likeness (QED) is 0.265. The molecule has 0 atom stereocenters. The van der Waals surface area contributed by atoms with Gasteiger partial charge in [-0.3, -0.25) is 0 Å². The van der Waals surface area contributed by atoms with Gasteiger partial charge < -0.3 is 10.4 Å². The number of aromatic nitrogens is 3. The van der Waals surface area contributed by atoms with Gasteiger partial charge in [0, 0.05) is 30.1 Å². The lowest BCUT2D eigenvalue weighted by Gasteiger charge is -2.13. The largest absolute Gasteiger partial charge is 0.507 e. The van der Waals surface area contributed by atoms with Gasteiger partial charge in [0.2, 0.25) is 10.0 Å². The fourth-order valence-corrected chi connectivity index (χ4v) is 5.38. The van der Waals surface area contributed by atoms with E-state index in [-0.39, 0.29) is 17.2 Å². The number of para-hydroxylation sites is 1. The van der Waals surface area contributed by atoms with E-state index in [0.717, 1.165) is 5.39 Å². The fourth-order valence-electron chi connectivity index (χ4n) is 3.77. The first kappa shape index (κ1) is 22.3. The topological polar surface area (TPSA) is 109 Å². The Morgan fingerprint density at radius 2 is 1.74 bits per heavy atom. The highest BCUT2D eigenvalue weighted by Gasteiger charge is 2.17. The van der Waals surface area contributed by atoms with Crippen molar-refractivity contribution in [3.8, 4) is 17.0 Å². The van der Waals surface area contributed by atoms with Crippen molar-refractivity contribution in [2.45, 2.75) is 4.90 Å². The number of halogens is 1. The van der Waals surface area contributed by atoms with Crippen LogP contribution >= 0.6 is 15.9 Å². The van der Waals surface area contributed by atoms with E-state index in [1.165, 1.54) is 0 Å². The molecule has 0 fully saturated rings. The van der Waals surface area contributed by atoms with Crippen molar-refractivity contribution in [2.24, 2.45) is 0 Å². The molecule has 0 amide bonds. The molecule has 10 heteroatoms. The van der Waals surface area contributed by atoms with Gasteiger partial charge in [0.25, 0.3) is 0 Å². The molecule has 5 rings (SSSR count). The van der Waals surface area contributed by atoms with Crippen molar-refractivity contribution in [1.29, 1.82) is 0 Å². The van der Waals surface area contributed by atoms with Gasteiger partial charge in [-0.25, -0.2) is 18.1 Å². The lowest BCUT2D eigenvalue weighted by Crippen LogP contribution is -2.29. The summed E-state index contributed by atoms with van der Waals surface area (Å²) in [5.41, 5.74) is 1.71. The molecule has 0 aliphatic heterocycles. The zero-order chi connectivity index (χ0) is 23.7. The van der Waals surface area contributed by atoms with Crippen LogP contribution in [0.2, 0.25) is 0 Å². The molecule has 0 unspecified atom stereocenters. The Balaban J connectivity index is 1.37. The van der Waals surface area contributed by atoms with E-state index in [1.807, 2.05) is 30.3 Å². The summed E-state index contributed by atoms with van der Waals surface area (Å²) in [5, 5.41) is 19.4. The van der Waals surface area contributed by atoms with Crippen LogP contribution in [0.4, 0.5) is 5.82 Å². The van der Waals surface area contributed by atoms with Crippen LogP contribution < -0.4 is 10.0 Å². The Kier molecular flexibility index (Phi) is 5.94. The molecule has 0 saturated heterocycles. The Hall–Kier alpha value is -3.47. The first-order valence-corrected chi connectivity index (χ1v) is 12.8. The third kappa shape index (κ3) is 4.23. The average Bonchev–Trinajstić information content (AvgIpc) is 3.22. The molecule has 0 spiro atoms. The Bertz CT molecular complexity index is 1610. The summed E-state index contributed by atoms with van der Waals surface area (Å²) in [5.74, 6) is 0.724. The Labute approximate surface area is 204 Å². The molecule has 3 N–H and O–H groups in total. The molecular formula is C24H20BrN5O3S. The number of phenolic OH excluding ortho intramolecular Hbond substituents is 1. The number of fused-ring (bicyclic) bond motifs is 2. The molecule has 34 heavy (non-hydrogen) atoms. The van der Waals surface area contributed by atoms with E-state index in [1.54, 1.807) is 53.2 Å². The van der Waals surface area contributed by atoms with Crippen LogP contribution in [0.1, 0.15) is 0 Å². The van der Waals surface area contributed by atoms with E-state index in [0.29, 0.717) is 39.1 Å². The van der Waals surface area contributed by atoms with Crippen LogP contribution in [0, 0.1) is 0 Å². The number of aromatic hydroxyl groups is 1. The molecule has 5 aromatic rings. The van der Waals surface area contributed by atoms with Crippen molar-refractivity contribution in [1.82, 2.24) is 19.3 Å². The van der Waals surface area contributed by atoms with Gasteiger partial charge in [-0.05, 0) is 39.5 Å². The van der Waals surface area contributed by atoms with E-state index < -0.39 is 10.0 Å². The van der Waals surface area contributed by atoms with Crippen molar-refractivity contribution >= 4 is 48.2 Å². The van der Waals surface area contributed by atoms with Crippen LogP contribution in [-0.4, -0.2) is 41.2 Å². The van der Waals surface area contributed by atoms with E-state index >= 15 is 0 Å². The highest BCUT2D eigenvalue weighted by molar-refractivity contribution is 9.10. The SMILES string of the molecule is O=S(=O)(NCCNc1cc(-c2ccccc2O)nc2c(Br)cnn12)c1cccc2ccccc12. The summed E-state index contributed by atoms with van der Waals surface area (Å²) in [6.45, 7) is 0.463. The van der Waals surface area contributed by atoms with E-state index in [4.69, 9.17) is 0 Å². The number of nitrogens with zero attached hydrogens (tertiary/aromatic N) is 3. The molecule has 0 aliphatic carbocycles. The van der Waals surface area contributed by atoms with Crippen molar-refractivity contribution in [3.05, 3.63) is 83.5 Å². The summed E-state index contributed by atoms with van der Waals surface area (Å²) < 4.78 is 30.9. The predicted molar refractivity (Wildman–Crippen MR) is 135 cm³/mol. The molecule has 0 saturated carbocycles. The third-order valence-electron chi connectivity index (χ3n) is 5.37. The number of hydrogen-bond donors (Lipinski definition) is 3. The Morgan fingerprint density at radius 3 is 2.59 bits per heavy atom. The minimum Gasteiger partial charge on any atom is -0.507 e. The highest BCUT2D eigenvalue weighted by Crippen LogP contribution is 2.31. The predicted octanol–water partition coefficient (Wildman–Crippen LogP) is 4.41.